The first-order valence-electron chi connectivity index (χ1n) is 8.41. The Morgan fingerprint density at radius 2 is 1.54 bits per heavy atom. The summed E-state index contributed by atoms with van der Waals surface area (Å²) in [5.74, 6) is 0. The average molecular weight is 378 g/mol. The predicted octanol–water partition coefficient (Wildman–Crippen LogP) is 7.38. The summed E-state index contributed by atoms with van der Waals surface area (Å²) in [7, 11) is 0. The van der Waals surface area contributed by atoms with Crippen LogP contribution in [0.3, 0.4) is 0 Å². The molecule has 0 amide bonds. The highest BCUT2D eigenvalue weighted by Crippen LogP contribution is 2.22. The molecule has 3 aromatic carbocycles. The summed E-state index contributed by atoms with van der Waals surface area (Å²) < 4.78 is 0. The Labute approximate surface area is 164 Å². The number of nitrogens with zero attached hydrogens (tertiary/aromatic N) is 1. The lowest BCUT2D eigenvalue weighted by atomic mass is 10.1. The van der Waals surface area contributed by atoms with Crippen LogP contribution in [0.2, 0.25) is 5.02 Å². The molecule has 0 aromatic heterocycles. The van der Waals surface area contributed by atoms with Crippen LogP contribution in [0.4, 0.5) is 5.69 Å². The Hall–Kier alpha value is -2.29. The van der Waals surface area contributed by atoms with Crippen molar-refractivity contribution in [3.8, 4) is 0 Å². The molecule has 0 bridgehead atoms. The first-order chi connectivity index (χ1) is 12.6. The smallest absolute Gasteiger partial charge is 0.0715 e. The molecule has 0 saturated heterocycles. The molecule has 0 radical (unpaired) electrons. The molecule has 0 N–H and O–H groups in total. The number of benzene rings is 3. The fourth-order valence-electron chi connectivity index (χ4n) is 2.40. The minimum atomic E-state index is 0.707. The molecule has 0 aliphatic rings. The third-order valence-electron chi connectivity index (χ3n) is 3.85. The van der Waals surface area contributed by atoms with Crippen LogP contribution >= 0.6 is 23.4 Å². The van der Waals surface area contributed by atoms with Crippen LogP contribution in [-0.2, 0) is 0 Å². The van der Waals surface area contributed by atoms with E-state index in [-0.39, 0.29) is 0 Å². The lowest BCUT2D eigenvalue weighted by Crippen LogP contribution is -1.96. The van der Waals surface area contributed by atoms with Gasteiger partial charge < -0.3 is 0 Å². The normalized spacial score (nSPS) is 11.9. The molecule has 26 heavy (non-hydrogen) atoms. The van der Waals surface area contributed by atoms with E-state index in [0.29, 0.717) is 5.02 Å². The van der Waals surface area contributed by atoms with Crippen molar-refractivity contribution >= 4 is 34.8 Å². The molecule has 0 saturated carbocycles. The van der Waals surface area contributed by atoms with Crippen molar-refractivity contribution in [1.82, 2.24) is 0 Å². The highest BCUT2D eigenvalue weighted by atomic mass is 35.5. The quantitative estimate of drug-likeness (QED) is 0.333. The number of hydrogen-bond donors (Lipinski definition) is 0. The second-order valence-electron chi connectivity index (χ2n) is 6.08. The Bertz CT molecular complexity index is 925. The van der Waals surface area contributed by atoms with Gasteiger partial charge in [-0.25, -0.2) is 4.99 Å². The van der Waals surface area contributed by atoms with Crippen molar-refractivity contribution in [2.24, 2.45) is 4.99 Å². The van der Waals surface area contributed by atoms with Gasteiger partial charge in [-0.2, -0.15) is 0 Å². The molecule has 0 spiro atoms. The van der Waals surface area contributed by atoms with Gasteiger partial charge in [0.2, 0.25) is 0 Å². The van der Waals surface area contributed by atoms with Crippen molar-refractivity contribution in [3.05, 3.63) is 106 Å². The van der Waals surface area contributed by atoms with Crippen LogP contribution in [0.5, 0.6) is 0 Å². The van der Waals surface area contributed by atoms with Crippen molar-refractivity contribution in [1.29, 1.82) is 0 Å². The third kappa shape index (κ3) is 5.35. The Morgan fingerprint density at radius 1 is 0.885 bits per heavy atom. The second kappa shape index (κ2) is 8.88. The predicted molar refractivity (Wildman–Crippen MR) is 115 cm³/mol. The third-order valence-corrected chi connectivity index (χ3v) is 4.91. The van der Waals surface area contributed by atoms with Gasteiger partial charge in [0.05, 0.1) is 11.4 Å². The van der Waals surface area contributed by atoms with Crippen LogP contribution < -0.4 is 0 Å². The maximum absolute atomic E-state index is 6.17. The number of aliphatic imine (C=N–C) groups is 1. The standard InChI is InChI=1S/C23H20ClNS/c1-17-6-10-21(11-7-17)25-23(19-4-3-5-20(24)16-19)14-15-26-22-12-8-18(2)9-13-22/h3-16H,1-2H3/b15-14+,25-23?. The summed E-state index contributed by atoms with van der Waals surface area (Å²) in [4.78, 5) is 6.02. The number of aryl methyl sites for hydroxylation is 2. The number of allylic oxidation sites excluding steroid dienone is 1. The number of halogens is 1. The molecule has 0 heterocycles. The summed E-state index contributed by atoms with van der Waals surface area (Å²) in [6.45, 7) is 4.17. The molecule has 0 aliphatic heterocycles. The largest absolute Gasteiger partial charge is 0.248 e. The zero-order chi connectivity index (χ0) is 18.4. The molecule has 1 nitrogen and oxygen atoms in total. The first-order valence-corrected chi connectivity index (χ1v) is 9.67. The SMILES string of the molecule is Cc1ccc(N=C(/C=C/Sc2ccc(C)cc2)c2cccc(Cl)c2)cc1. The van der Waals surface area contributed by atoms with Gasteiger partial charge in [-0.3, -0.25) is 0 Å². The van der Waals surface area contributed by atoms with Gasteiger partial charge in [-0.15, -0.1) is 0 Å². The van der Waals surface area contributed by atoms with E-state index in [9.17, 15) is 0 Å². The van der Waals surface area contributed by atoms with Crippen molar-refractivity contribution in [2.75, 3.05) is 0 Å². The maximum Gasteiger partial charge on any atom is 0.0715 e. The summed E-state index contributed by atoms with van der Waals surface area (Å²) >= 11 is 7.85. The van der Waals surface area contributed by atoms with Crippen LogP contribution in [-0.4, -0.2) is 5.71 Å². The molecule has 0 fully saturated rings. The molecular formula is C23H20ClNS. The zero-order valence-electron chi connectivity index (χ0n) is 14.8. The summed E-state index contributed by atoms with van der Waals surface area (Å²) in [6, 6.07) is 24.5. The lowest BCUT2D eigenvalue weighted by Gasteiger charge is -2.04. The minimum Gasteiger partial charge on any atom is -0.248 e. The maximum atomic E-state index is 6.17. The van der Waals surface area contributed by atoms with Gasteiger partial charge in [0.15, 0.2) is 0 Å². The van der Waals surface area contributed by atoms with Crippen LogP contribution in [0.1, 0.15) is 16.7 Å². The fourth-order valence-corrected chi connectivity index (χ4v) is 3.24. The van der Waals surface area contributed by atoms with Crippen molar-refractivity contribution in [2.45, 2.75) is 18.7 Å². The Balaban J connectivity index is 1.88. The molecule has 3 heteroatoms. The van der Waals surface area contributed by atoms with Gasteiger partial charge in [0.1, 0.15) is 0 Å². The highest BCUT2D eigenvalue weighted by molar-refractivity contribution is 8.02. The number of hydrogen-bond acceptors (Lipinski definition) is 2. The number of thioether (sulfide) groups is 1. The summed E-state index contributed by atoms with van der Waals surface area (Å²) in [5.41, 5.74) is 5.29. The van der Waals surface area contributed by atoms with E-state index in [2.05, 4.69) is 55.7 Å². The highest BCUT2D eigenvalue weighted by Gasteiger charge is 2.02. The van der Waals surface area contributed by atoms with Crippen LogP contribution in [0.15, 0.2) is 94.2 Å². The topological polar surface area (TPSA) is 12.4 Å². The summed E-state index contributed by atoms with van der Waals surface area (Å²) in [5, 5.41) is 2.78. The Morgan fingerprint density at radius 3 is 2.19 bits per heavy atom. The number of rotatable bonds is 5. The van der Waals surface area contributed by atoms with Gasteiger partial charge >= 0.3 is 0 Å². The van der Waals surface area contributed by atoms with Gasteiger partial charge in [-0.05, 0) is 61.7 Å². The van der Waals surface area contributed by atoms with Gasteiger partial charge in [0.25, 0.3) is 0 Å². The molecule has 130 valence electrons. The van der Waals surface area contributed by atoms with Gasteiger partial charge in [0, 0.05) is 15.5 Å². The van der Waals surface area contributed by atoms with E-state index >= 15 is 0 Å². The van der Waals surface area contributed by atoms with E-state index < -0.39 is 0 Å². The minimum absolute atomic E-state index is 0.707. The first kappa shape index (κ1) is 18.5. The van der Waals surface area contributed by atoms with Crippen molar-refractivity contribution in [3.63, 3.8) is 0 Å². The van der Waals surface area contributed by atoms with Crippen LogP contribution in [0, 0.1) is 13.8 Å². The molecular weight excluding hydrogens is 358 g/mol. The molecule has 3 aromatic rings. The average Bonchev–Trinajstić information content (AvgIpc) is 2.64. The van der Waals surface area contributed by atoms with E-state index in [4.69, 9.17) is 16.6 Å². The monoisotopic (exact) mass is 377 g/mol. The molecule has 0 aliphatic carbocycles. The fraction of sp³-hybridized carbons (Fsp3) is 0.0870. The van der Waals surface area contributed by atoms with Gasteiger partial charge in [-0.1, -0.05) is 70.9 Å². The Kier molecular flexibility index (Phi) is 6.32. The molecule has 3 rings (SSSR count). The zero-order valence-corrected chi connectivity index (χ0v) is 16.4. The molecule has 0 atom stereocenters. The lowest BCUT2D eigenvalue weighted by molar-refractivity contribution is 1.38. The van der Waals surface area contributed by atoms with E-state index in [1.165, 1.54) is 16.0 Å². The van der Waals surface area contributed by atoms with Crippen molar-refractivity contribution < 1.29 is 0 Å². The van der Waals surface area contributed by atoms with E-state index in [0.717, 1.165) is 17.0 Å². The van der Waals surface area contributed by atoms with E-state index in [1.807, 2.05) is 42.5 Å². The van der Waals surface area contributed by atoms with Crippen LogP contribution in [0.25, 0.3) is 0 Å². The summed E-state index contributed by atoms with van der Waals surface area (Å²) in [6.07, 6.45) is 2.04. The van der Waals surface area contributed by atoms with E-state index in [1.54, 1.807) is 11.8 Å². The second-order valence-corrected chi connectivity index (χ2v) is 7.49. The molecule has 0 unspecified atom stereocenters.